The third kappa shape index (κ3) is 5.86. The Hall–Kier alpha value is -4.38. The Kier molecular flexibility index (Phi) is 7.13. The SMILES string of the molecule is COc1cccc(/C=N\NC(=O)c2ccc(COc3ccccc3-c3ccccc3)cc2)c1. The molecule has 0 aliphatic heterocycles. The van der Waals surface area contributed by atoms with Crippen LogP contribution in [0.1, 0.15) is 21.5 Å². The summed E-state index contributed by atoms with van der Waals surface area (Å²) in [7, 11) is 1.61. The van der Waals surface area contributed by atoms with Crippen LogP contribution in [0.25, 0.3) is 11.1 Å². The second-order valence-corrected chi connectivity index (χ2v) is 7.32. The lowest BCUT2D eigenvalue weighted by molar-refractivity contribution is 0.0955. The molecule has 0 atom stereocenters. The number of nitrogens with one attached hydrogen (secondary N) is 1. The summed E-state index contributed by atoms with van der Waals surface area (Å²) in [4.78, 5) is 12.4. The number of rotatable bonds is 8. The van der Waals surface area contributed by atoms with Crippen molar-refractivity contribution in [2.45, 2.75) is 6.61 Å². The van der Waals surface area contributed by atoms with E-state index in [1.54, 1.807) is 25.5 Å². The van der Waals surface area contributed by atoms with Crippen molar-refractivity contribution in [3.05, 3.63) is 120 Å². The molecule has 0 spiro atoms. The van der Waals surface area contributed by atoms with E-state index in [1.807, 2.05) is 78.9 Å². The average molecular weight is 437 g/mol. The number of hydrogen-bond donors (Lipinski definition) is 1. The highest BCUT2D eigenvalue weighted by molar-refractivity contribution is 5.94. The Morgan fingerprint density at radius 3 is 2.42 bits per heavy atom. The number of amides is 1. The third-order valence-electron chi connectivity index (χ3n) is 5.06. The van der Waals surface area contributed by atoms with E-state index >= 15 is 0 Å². The highest BCUT2D eigenvalue weighted by Gasteiger charge is 2.07. The van der Waals surface area contributed by atoms with Crippen molar-refractivity contribution in [2.75, 3.05) is 7.11 Å². The van der Waals surface area contributed by atoms with Crippen LogP contribution in [0.3, 0.4) is 0 Å². The predicted molar refractivity (Wildman–Crippen MR) is 131 cm³/mol. The maximum Gasteiger partial charge on any atom is 0.271 e. The van der Waals surface area contributed by atoms with Crippen LogP contribution in [-0.2, 0) is 6.61 Å². The van der Waals surface area contributed by atoms with Gasteiger partial charge < -0.3 is 9.47 Å². The molecule has 0 aliphatic rings. The number of benzene rings is 4. The maximum atomic E-state index is 12.4. The topological polar surface area (TPSA) is 59.9 Å². The molecule has 4 rings (SSSR count). The second kappa shape index (κ2) is 10.8. The molecule has 0 unspecified atom stereocenters. The summed E-state index contributed by atoms with van der Waals surface area (Å²) in [6.45, 7) is 0.403. The van der Waals surface area contributed by atoms with Gasteiger partial charge >= 0.3 is 0 Å². The zero-order valence-electron chi connectivity index (χ0n) is 18.3. The predicted octanol–water partition coefficient (Wildman–Crippen LogP) is 5.71. The number of para-hydroxylation sites is 1. The number of ether oxygens (including phenoxy) is 2. The minimum absolute atomic E-state index is 0.281. The number of hydrazone groups is 1. The summed E-state index contributed by atoms with van der Waals surface area (Å²) < 4.78 is 11.3. The average Bonchev–Trinajstić information content (AvgIpc) is 2.88. The minimum atomic E-state index is -0.281. The standard InChI is InChI=1S/C28H24N2O3/c1-32-25-11-7-8-22(18-25)19-29-30-28(31)24-16-14-21(15-17-24)20-33-27-13-6-5-12-26(27)23-9-3-2-4-10-23/h2-19H,20H2,1H3,(H,30,31)/b29-19-. The van der Waals surface area contributed by atoms with E-state index in [1.165, 1.54) is 0 Å². The van der Waals surface area contributed by atoms with E-state index < -0.39 is 0 Å². The van der Waals surface area contributed by atoms with Gasteiger partial charge in [-0.3, -0.25) is 4.79 Å². The first-order valence-electron chi connectivity index (χ1n) is 10.6. The Balaban J connectivity index is 1.35. The number of carbonyl (C=O) groups excluding carboxylic acids is 1. The second-order valence-electron chi connectivity index (χ2n) is 7.32. The van der Waals surface area contributed by atoms with Crippen LogP contribution in [0.4, 0.5) is 0 Å². The quantitative estimate of drug-likeness (QED) is 0.284. The molecule has 1 amide bonds. The van der Waals surface area contributed by atoms with E-state index in [-0.39, 0.29) is 5.91 Å². The lowest BCUT2D eigenvalue weighted by atomic mass is 10.0. The molecule has 0 radical (unpaired) electrons. The van der Waals surface area contributed by atoms with Crippen molar-refractivity contribution in [1.82, 2.24) is 5.43 Å². The maximum absolute atomic E-state index is 12.4. The summed E-state index contributed by atoms with van der Waals surface area (Å²) in [6.07, 6.45) is 1.58. The molecule has 0 heterocycles. The van der Waals surface area contributed by atoms with Crippen LogP contribution >= 0.6 is 0 Å². The van der Waals surface area contributed by atoms with Crippen LogP contribution in [-0.4, -0.2) is 19.2 Å². The van der Waals surface area contributed by atoms with Gasteiger partial charge in [-0.05, 0) is 47.0 Å². The first kappa shape index (κ1) is 21.8. The molecule has 1 N–H and O–H groups in total. The molecular weight excluding hydrogens is 412 g/mol. The van der Waals surface area contributed by atoms with Gasteiger partial charge in [-0.1, -0.05) is 72.8 Å². The first-order valence-corrected chi connectivity index (χ1v) is 10.6. The molecule has 4 aromatic carbocycles. The van der Waals surface area contributed by atoms with Gasteiger partial charge in [0, 0.05) is 11.1 Å². The molecule has 0 aliphatic carbocycles. The summed E-state index contributed by atoms with van der Waals surface area (Å²) >= 11 is 0. The van der Waals surface area contributed by atoms with Gasteiger partial charge in [-0.2, -0.15) is 5.10 Å². The normalized spacial score (nSPS) is 10.7. The van der Waals surface area contributed by atoms with E-state index in [2.05, 4.69) is 22.7 Å². The van der Waals surface area contributed by atoms with Gasteiger partial charge in [-0.25, -0.2) is 5.43 Å². The molecule has 0 saturated heterocycles. The van der Waals surface area contributed by atoms with E-state index in [0.717, 1.165) is 33.8 Å². The number of methoxy groups -OCH3 is 1. The van der Waals surface area contributed by atoms with Crippen molar-refractivity contribution >= 4 is 12.1 Å². The van der Waals surface area contributed by atoms with Crippen LogP contribution in [0.15, 0.2) is 108 Å². The lowest BCUT2D eigenvalue weighted by Gasteiger charge is -2.12. The van der Waals surface area contributed by atoms with Crippen molar-refractivity contribution in [3.8, 4) is 22.6 Å². The Labute approximate surface area is 193 Å². The molecule has 0 bridgehead atoms. The molecule has 0 saturated carbocycles. The van der Waals surface area contributed by atoms with Crippen LogP contribution in [0, 0.1) is 0 Å². The van der Waals surface area contributed by atoms with E-state index in [9.17, 15) is 4.79 Å². The molecule has 5 nitrogen and oxygen atoms in total. The fourth-order valence-corrected chi connectivity index (χ4v) is 3.31. The van der Waals surface area contributed by atoms with Crippen LogP contribution < -0.4 is 14.9 Å². The summed E-state index contributed by atoms with van der Waals surface area (Å²) in [6, 6.07) is 32.8. The Bertz CT molecular complexity index is 1240. The number of carbonyl (C=O) groups is 1. The highest BCUT2D eigenvalue weighted by atomic mass is 16.5. The lowest BCUT2D eigenvalue weighted by Crippen LogP contribution is -2.17. The van der Waals surface area contributed by atoms with Crippen molar-refractivity contribution < 1.29 is 14.3 Å². The van der Waals surface area contributed by atoms with Gasteiger partial charge in [0.25, 0.3) is 5.91 Å². The fraction of sp³-hybridized carbons (Fsp3) is 0.0714. The van der Waals surface area contributed by atoms with E-state index in [0.29, 0.717) is 12.2 Å². The smallest absolute Gasteiger partial charge is 0.271 e. The number of nitrogens with zero attached hydrogens (tertiary/aromatic N) is 1. The Morgan fingerprint density at radius 2 is 1.64 bits per heavy atom. The largest absolute Gasteiger partial charge is 0.497 e. The zero-order chi connectivity index (χ0) is 22.9. The minimum Gasteiger partial charge on any atom is -0.497 e. The summed E-state index contributed by atoms with van der Waals surface area (Å²) in [5, 5.41) is 4.03. The molecule has 33 heavy (non-hydrogen) atoms. The molecular formula is C28H24N2O3. The van der Waals surface area contributed by atoms with Crippen molar-refractivity contribution in [1.29, 1.82) is 0 Å². The molecule has 0 fully saturated rings. The van der Waals surface area contributed by atoms with Gasteiger partial charge in [0.2, 0.25) is 0 Å². The van der Waals surface area contributed by atoms with Gasteiger partial charge in [0.05, 0.1) is 13.3 Å². The highest BCUT2D eigenvalue weighted by Crippen LogP contribution is 2.30. The van der Waals surface area contributed by atoms with Gasteiger partial charge in [0.15, 0.2) is 0 Å². The van der Waals surface area contributed by atoms with Gasteiger partial charge in [-0.15, -0.1) is 0 Å². The fourth-order valence-electron chi connectivity index (χ4n) is 3.31. The third-order valence-corrected chi connectivity index (χ3v) is 5.06. The van der Waals surface area contributed by atoms with Gasteiger partial charge in [0.1, 0.15) is 18.1 Å². The molecule has 164 valence electrons. The van der Waals surface area contributed by atoms with Crippen molar-refractivity contribution in [3.63, 3.8) is 0 Å². The molecule has 0 aromatic heterocycles. The van der Waals surface area contributed by atoms with Crippen LogP contribution in [0.2, 0.25) is 0 Å². The van der Waals surface area contributed by atoms with Crippen molar-refractivity contribution in [2.24, 2.45) is 5.10 Å². The Morgan fingerprint density at radius 1 is 0.879 bits per heavy atom. The zero-order valence-corrected chi connectivity index (χ0v) is 18.3. The summed E-state index contributed by atoms with van der Waals surface area (Å²) in [5.74, 6) is 1.27. The molecule has 5 heteroatoms. The monoisotopic (exact) mass is 436 g/mol. The molecule has 4 aromatic rings. The first-order chi connectivity index (χ1) is 16.2. The number of hydrogen-bond acceptors (Lipinski definition) is 4. The van der Waals surface area contributed by atoms with E-state index in [4.69, 9.17) is 9.47 Å². The van der Waals surface area contributed by atoms with Crippen LogP contribution in [0.5, 0.6) is 11.5 Å². The summed E-state index contributed by atoms with van der Waals surface area (Å²) in [5.41, 5.74) is 7.01.